The fraction of sp³-hybridized carbons (Fsp3) is 0.214. The van der Waals surface area contributed by atoms with Gasteiger partial charge in [0.1, 0.15) is 17.2 Å². The molecule has 0 aliphatic rings. The molecule has 0 radical (unpaired) electrons. The lowest BCUT2D eigenvalue weighted by atomic mass is 10.2. The fourth-order valence-corrected chi connectivity index (χ4v) is 1.96. The van der Waals surface area contributed by atoms with Crippen LogP contribution in [-0.4, -0.2) is 25.6 Å². The Balaban J connectivity index is 1.83. The quantitative estimate of drug-likeness (QED) is 0.693. The molecular weight excluding hydrogens is 282 g/mol. The highest BCUT2D eigenvalue weighted by Gasteiger charge is 2.07. The Kier molecular flexibility index (Phi) is 3.78. The highest BCUT2D eigenvalue weighted by Crippen LogP contribution is 2.21. The predicted octanol–water partition coefficient (Wildman–Crippen LogP) is 2.27. The summed E-state index contributed by atoms with van der Waals surface area (Å²) >= 11 is 0. The van der Waals surface area contributed by atoms with Crippen molar-refractivity contribution in [1.29, 1.82) is 5.26 Å². The van der Waals surface area contributed by atoms with Crippen LogP contribution in [0.25, 0.3) is 16.7 Å². The second kappa shape index (κ2) is 6.05. The van der Waals surface area contributed by atoms with E-state index in [1.54, 1.807) is 0 Å². The third-order valence-electron chi connectivity index (χ3n) is 2.99. The maximum absolute atomic E-state index is 9.10. The van der Waals surface area contributed by atoms with Crippen molar-refractivity contribution in [3.05, 3.63) is 36.1 Å². The maximum Gasteiger partial charge on any atom is 0.216 e. The van der Waals surface area contributed by atoms with Crippen molar-refractivity contribution >= 4 is 22.4 Å². The topological polar surface area (TPSA) is 116 Å². The number of fused-ring (bicyclic) bond motifs is 1. The van der Waals surface area contributed by atoms with E-state index in [9.17, 15) is 0 Å². The molecule has 3 aromatic rings. The number of nitrogens with zero attached hydrogens (tertiary/aromatic N) is 5. The molecule has 110 valence electrons. The van der Waals surface area contributed by atoms with Gasteiger partial charge < -0.3 is 9.73 Å². The summed E-state index contributed by atoms with van der Waals surface area (Å²) in [6.07, 6.45) is 3.32. The van der Waals surface area contributed by atoms with Crippen LogP contribution in [0.1, 0.15) is 25.1 Å². The van der Waals surface area contributed by atoms with Crippen LogP contribution in [0.5, 0.6) is 0 Å². The Hall–Kier alpha value is -3.21. The van der Waals surface area contributed by atoms with Gasteiger partial charge in [0.05, 0.1) is 0 Å². The van der Waals surface area contributed by atoms with Crippen molar-refractivity contribution in [3.8, 4) is 6.07 Å². The minimum Gasteiger partial charge on any atom is -0.441 e. The van der Waals surface area contributed by atoms with Crippen LogP contribution >= 0.6 is 0 Å². The molecule has 8 heteroatoms. The largest absolute Gasteiger partial charge is 0.441 e. The number of aromatic nitrogens is 5. The van der Waals surface area contributed by atoms with Crippen molar-refractivity contribution in [3.63, 3.8) is 0 Å². The van der Waals surface area contributed by atoms with Crippen LogP contribution < -0.4 is 5.32 Å². The Labute approximate surface area is 125 Å². The Morgan fingerprint density at radius 1 is 1.50 bits per heavy atom. The number of tetrazole rings is 1. The number of rotatable bonds is 5. The first-order valence-electron chi connectivity index (χ1n) is 6.80. The van der Waals surface area contributed by atoms with Crippen LogP contribution in [0.4, 0.5) is 5.69 Å². The first-order chi connectivity index (χ1) is 10.8. The van der Waals surface area contributed by atoms with Gasteiger partial charge in [-0.1, -0.05) is 6.92 Å². The average molecular weight is 295 g/mol. The van der Waals surface area contributed by atoms with Gasteiger partial charge in [0.15, 0.2) is 11.5 Å². The molecule has 1 aromatic carbocycles. The molecule has 0 amide bonds. The number of oxazole rings is 1. The summed E-state index contributed by atoms with van der Waals surface area (Å²) in [5.41, 5.74) is 2.59. The summed E-state index contributed by atoms with van der Waals surface area (Å²) in [6, 6.07) is 7.57. The monoisotopic (exact) mass is 295 g/mol. The first-order valence-corrected chi connectivity index (χ1v) is 6.80. The Morgan fingerprint density at radius 3 is 3.14 bits per heavy atom. The van der Waals surface area contributed by atoms with E-state index >= 15 is 0 Å². The molecule has 3 rings (SSSR count). The first kappa shape index (κ1) is 13.8. The van der Waals surface area contributed by atoms with E-state index in [0.29, 0.717) is 0 Å². The number of hydrogen-bond acceptors (Lipinski definition) is 7. The van der Waals surface area contributed by atoms with Gasteiger partial charge in [-0.25, -0.2) is 4.98 Å². The number of H-pyrrole nitrogens is 1. The number of anilines is 1. The lowest BCUT2D eigenvalue weighted by Crippen LogP contribution is -1.92. The van der Waals surface area contributed by atoms with Gasteiger partial charge >= 0.3 is 0 Å². The van der Waals surface area contributed by atoms with Crippen molar-refractivity contribution in [2.45, 2.75) is 19.8 Å². The molecule has 22 heavy (non-hydrogen) atoms. The summed E-state index contributed by atoms with van der Waals surface area (Å²) in [4.78, 5) is 4.43. The molecule has 0 aliphatic carbocycles. The molecule has 2 N–H and O–H groups in total. The van der Waals surface area contributed by atoms with Gasteiger partial charge in [0, 0.05) is 18.3 Å². The smallest absolute Gasteiger partial charge is 0.216 e. The molecule has 0 atom stereocenters. The third kappa shape index (κ3) is 2.78. The second-order valence-corrected chi connectivity index (χ2v) is 4.59. The average Bonchev–Trinajstić information content (AvgIpc) is 3.17. The summed E-state index contributed by atoms with van der Waals surface area (Å²) < 4.78 is 5.63. The summed E-state index contributed by atoms with van der Waals surface area (Å²) in [5.74, 6) is 0.970. The van der Waals surface area contributed by atoms with Crippen LogP contribution in [0, 0.1) is 11.3 Å². The number of nitriles is 1. The van der Waals surface area contributed by atoms with Crippen LogP contribution in [0.2, 0.25) is 0 Å². The molecule has 0 aliphatic heterocycles. The van der Waals surface area contributed by atoms with Crippen molar-refractivity contribution in [1.82, 2.24) is 25.6 Å². The zero-order chi connectivity index (χ0) is 15.4. The Morgan fingerprint density at radius 2 is 2.41 bits per heavy atom. The van der Waals surface area contributed by atoms with Crippen molar-refractivity contribution in [2.75, 3.05) is 5.32 Å². The normalized spacial score (nSPS) is 11.5. The van der Waals surface area contributed by atoms with E-state index in [2.05, 4.69) is 37.8 Å². The summed E-state index contributed by atoms with van der Waals surface area (Å²) in [7, 11) is 0. The van der Waals surface area contributed by atoms with Gasteiger partial charge in [-0.2, -0.15) is 10.5 Å². The molecule has 0 bridgehead atoms. The number of aromatic amines is 1. The van der Waals surface area contributed by atoms with E-state index in [-0.39, 0.29) is 11.4 Å². The second-order valence-electron chi connectivity index (χ2n) is 4.59. The van der Waals surface area contributed by atoms with Gasteiger partial charge in [0.25, 0.3) is 0 Å². The molecule has 2 heterocycles. The molecule has 0 saturated heterocycles. The van der Waals surface area contributed by atoms with E-state index in [4.69, 9.17) is 9.68 Å². The lowest BCUT2D eigenvalue weighted by Gasteiger charge is -2.00. The minimum absolute atomic E-state index is 0.239. The van der Waals surface area contributed by atoms with Crippen LogP contribution in [0.15, 0.2) is 28.8 Å². The number of benzene rings is 1. The minimum atomic E-state index is 0.239. The molecule has 0 spiro atoms. The van der Waals surface area contributed by atoms with E-state index in [1.165, 1.54) is 6.20 Å². The molecule has 0 saturated carbocycles. The number of allylic oxidation sites excluding steroid dienone is 1. The highest BCUT2D eigenvalue weighted by atomic mass is 16.3. The molecule has 2 aromatic heterocycles. The molecule has 0 fully saturated rings. The van der Waals surface area contributed by atoms with E-state index in [1.807, 2.05) is 24.3 Å². The van der Waals surface area contributed by atoms with E-state index < -0.39 is 0 Å². The zero-order valence-electron chi connectivity index (χ0n) is 11.9. The van der Waals surface area contributed by atoms with Crippen molar-refractivity contribution in [2.24, 2.45) is 0 Å². The van der Waals surface area contributed by atoms with Gasteiger partial charge in [-0.3, -0.25) is 0 Å². The number of nitrogens with one attached hydrogen (secondary N) is 2. The van der Waals surface area contributed by atoms with Gasteiger partial charge in [-0.15, -0.1) is 10.2 Å². The highest BCUT2D eigenvalue weighted by molar-refractivity contribution is 5.79. The van der Waals surface area contributed by atoms with E-state index in [0.717, 1.165) is 35.5 Å². The predicted molar refractivity (Wildman–Crippen MR) is 79.4 cm³/mol. The Bertz CT molecular complexity index is 842. The number of hydrogen-bond donors (Lipinski definition) is 2. The van der Waals surface area contributed by atoms with Gasteiger partial charge in [-0.05, 0) is 29.8 Å². The third-order valence-corrected chi connectivity index (χ3v) is 2.99. The fourth-order valence-electron chi connectivity index (χ4n) is 1.96. The maximum atomic E-state index is 9.10. The molecular formula is C14H13N7O. The van der Waals surface area contributed by atoms with Gasteiger partial charge in [0.2, 0.25) is 5.82 Å². The van der Waals surface area contributed by atoms with Crippen molar-refractivity contribution < 1.29 is 4.42 Å². The molecule has 8 nitrogen and oxygen atoms in total. The molecule has 0 unspecified atom stereocenters. The lowest BCUT2D eigenvalue weighted by molar-refractivity contribution is 0.525. The summed E-state index contributed by atoms with van der Waals surface area (Å²) in [6.45, 7) is 2.08. The van der Waals surface area contributed by atoms with Crippen LogP contribution in [0.3, 0.4) is 0 Å². The number of aryl methyl sites for hydroxylation is 1. The van der Waals surface area contributed by atoms with Crippen LogP contribution in [-0.2, 0) is 6.42 Å². The standard InChI is InChI=1S/C14H13N7O/c1-2-3-13-17-11-6-10(4-5-12(11)22-13)16-8-9(7-15)14-18-20-21-19-14/h4-6,8,16H,2-3H2,1H3,(H,18,19,20,21). The SMILES string of the molecule is CCCc1nc2cc(NC=C(C#N)c3nn[nH]n3)ccc2o1. The summed E-state index contributed by atoms with van der Waals surface area (Å²) in [5, 5.41) is 25.4. The zero-order valence-corrected chi connectivity index (χ0v) is 11.9.